The molecule has 8 nitrogen and oxygen atoms in total. The molecule has 0 spiro atoms. The SMILES string of the molecule is C.C.C.C.C.C.CCC(C(=O)O)C(C(=O)O)C(CC(C)N1CCCC1=O)C(=O)O. The molecule has 0 aliphatic carbocycles. The van der Waals surface area contributed by atoms with Gasteiger partial charge in [-0.3, -0.25) is 19.2 Å². The molecule has 0 bridgehead atoms. The quantitative estimate of drug-likeness (QED) is 0.487. The number of rotatable bonds is 9. The summed E-state index contributed by atoms with van der Waals surface area (Å²) in [5.41, 5.74) is 0. The van der Waals surface area contributed by atoms with Gasteiger partial charge in [0.25, 0.3) is 0 Å². The summed E-state index contributed by atoms with van der Waals surface area (Å²) in [6, 6.07) is -0.445. The minimum absolute atomic E-state index is 0. The number of aliphatic carboxylic acids is 3. The molecule has 8 heteroatoms. The number of nitrogens with zero attached hydrogens (tertiary/aromatic N) is 1. The molecule has 29 heavy (non-hydrogen) atoms. The maximum Gasteiger partial charge on any atom is 0.308 e. The van der Waals surface area contributed by atoms with E-state index in [0.29, 0.717) is 19.4 Å². The van der Waals surface area contributed by atoms with Gasteiger partial charge in [-0.25, -0.2) is 0 Å². The van der Waals surface area contributed by atoms with Gasteiger partial charge in [-0.1, -0.05) is 51.5 Å². The van der Waals surface area contributed by atoms with Gasteiger partial charge < -0.3 is 20.2 Å². The van der Waals surface area contributed by atoms with E-state index in [9.17, 15) is 34.5 Å². The third-order valence-electron chi connectivity index (χ3n) is 4.46. The first kappa shape index (κ1) is 41.3. The van der Waals surface area contributed by atoms with Crippen molar-refractivity contribution in [1.29, 1.82) is 0 Å². The summed E-state index contributed by atoms with van der Waals surface area (Å²) in [5, 5.41) is 28.0. The first-order valence-corrected chi connectivity index (χ1v) is 7.68. The van der Waals surface area contributed by atoms with Crippen molar-refractivity contribution in [2.45, 2.75) is 90.1 Å². The highest BCUT2D eigenvalue weighted by Crippen LogP contribution is 2.30. The first-order chi connectivity index (χ1) is 10.7. The van der Waals surface area contributed by atoms with Crippen LogP contribution in [-0.4, -0.2) is 56.6 Å². The molecule has 4 unspecified atom stereocenters. The zero-order valence-electron chi connectivity index (χ0n) is 13.3. The Hall–Kier alpha value is -2.12. The lowest BCUT2D eigenvalue weighted by Gasteiger charge is -2.31. The van der Waals surface area contributed by atoms with Gasteiger partial charge in [-0.15, -0.1) is 0 Å². The molecule has 0 saturated carbocycles. The Balaban J connectivity index is -0.000000220. The second kappa shape index (κ2) is 17.9. The molecule has 178 valence electrons. The fourth-order valence-corrected chi connectivity index (χ4v) is 3.24. The van der Waals surface area contributed by atoms with Crippen LogP contribution in [-0.2, 0) is 19.2 Å². The molecule has 1 aliphatic rings. The van der Waals surface area contributed by atoms with Crippen LogP contribution in [0.15, 0.2) is 0 Å². The van der Waals surface area contributed by atoms with Gasteiger partial charge in [0, 0.05) is 19.0 Å². The van der Waals surface area contributed by atoms with Crippen molar-refractivity contribution in [3.63, 3.8) is 0 Å². The van der Waals surface area contributed by atoms with Gasteiger partial charge >= 0.3 is 17.9 Å². The molecule has 0 aromatic carbocycles. The summed E-state index contributed by atoms with van der Waals surface area (Å²) in [7, 11) is 0. The van der Waals surface area contributed by atoms with E-state index in [4.69, 9.17) is 0 Å². The first-order valence-electron chi connectivity index (χ1n) is 7.68. The molecule has 0 aromatic rings. The molecule has 1 saturated heterocycles. The van der Waals surface area contributed by atoms with Crippen LogP contribution in [0.25, 0.3) is 0 Å². The monoisotopic (exact) mass is 425 g/mol. The number of hydrogen-bond donors (Lipinski definition) is 3. The molecule has 3 N–H and O–H groups in total. The van der Waals surface area contributed by atoms with E-state index in [-0.39, 0.29) is 63.3 Å². The average Bonchev–Trinajstić information content (AvgIpc) is 2.87. The van der Waals surface area contributed by atoms with Crippen LogP contribution < -0.4 is 0 Å². The van der Waals surface area contributed by atoms with E-state index in [2.05, 4.69) is 0 Å². The summed E-state index contributed by atoms with van der Waals surface area (Å²) in [4.78, 5) is 47.6. The van der Waals surface area contributed by atoms with Crippen molar-refractivity contribution in [2.75, 3.05) is 6.54 Å². The summed E-state index contributed by atoms with van der Waals surface area (Å²) < 4.78 is 0. The van der Waals surface area contributed by atoms with Crippen molar-refractivity contribution in [1.82, 2.24) is 4.90 Å². The predicted octanol–water partition coefficient (Wildman–Crippen LogP) is 4.72. The molecule has 0 radical (unpaired) electrons. The second-order valence-electron chi connectivity index (χ2n) is 5.94. The highest BCUT2D eigenvalue weighted by molar-refractivity contribution is 5.85. The van der Waals surface area contributed by atoms with Gasteiger partial charge in [0.1, 0.15) is 0 Å². The van der Waals surface area contributed by atoms with Crippen molar-refractivity contribution in [3.05, 3.63) is 0 Å². The van der Waals surface area contributed by atoms with E-state index in [0.717, 1.165) is 0 Å². The molecule has 4 atom stereocenters. The Morgan fingerprint density at radius 2 is 1.34 bits per heavy atom. The average molecular weight is 426 g/mol. The number of hydrogen-bond acceptors (Lipinski definition) is 4. The van der Waals surface area contributed by atoms with Gasteiger partial charge in [0.15, 0.2) is 0 Å². The van der Waals surface area contributed by atoms with E-state index >= 15 is 0 Å². The number of carboxylic acids is 3. The minimum Gasteiger partial charge on any atom is -0.481 e. The number of likely N-dealkylation sites (tertiary alicyclic amines) is 1. The van der Waals surface area contributed by atoms with Crippen LogP contribution in [0.5, 0.6) is 0 Å². The largest absolute Gasteiger partial charge is 0.481 e. The topological polar surface area (TPSA) is 132 Å². The van der Waals surface area contributed by atoms with Crippen LogP contribution in [0.4, 0.5) is 0 Å². The Morgan fingerprint density at radius 1 is 0.897 bits per heavy atom. The van der Waals surface area contributed by atoms with Gasteiger partial charge in [0.2, 0.25) is 5.91 Å². The number of carbonyl (C=O) groups excluding carboxylic acids is 1. The van der Waals surface area contributed by atoms with Gasteiger partial charge in [0.05, 0.1) is 17.8 Å². The minimum atomic E-state index is -1.53. The molecule has 1 heterocycles. The molecular formula is C21H47NO7. The van der Waals surface area contributed by atoms with E-state index in [1.54, 1.807) is 6.92 Å². The molecule has 1 amide bonds. The van der Waals surface area contributed by atoms with Crippen LogP contribution in [0.3, 0.4) is 0 Å². The summed E-state index contributed by atoms with van der Waals surface area (Å²) in [5.74, 6) is -8.38. The number of carbonyl (C=O) groups is 4. The van der Waals surface area contributed by atoms with Gasteiger partial charge in [-0.2, -0.15) is 0 Å². The molecular weight excluding hydrogens is 378 g/mol. The Morgan fingerprint density at radius 3 is 1.62 bits per heavy atom. The number of carboxylic acid groups (broad SMARTS) is 3. The Bertz CT molecular complexity index is 493. The molecule has 0 aromatic heterocycles. The van der Waals surface area contributed by atoms with Crippen molar-refractivity contribution < 1.29 is 34.5 Å². The fourth-order valence-electron chi connectivity index (χ4n) is 3.24. The lowest BCUT2D eigenvalue weighted by atomic mass is 9.77. The summed E-state index contributed by atoms with van der Waals surface area (Å²) >= 11 is 0. The maximum absolute atomic E-state index is 11.7. The predicted molar refractivity (Wildman–Crippen MR) is 119 cm³/mol. The second-order valence-corrected chi connectivity index (χ2v) is 5.94. The zero-order chi connectivity index (χ0) is 17.7. The standard InChI is InChI=1S/C15H23NO7.6CH4/c1-3-9(13(18)19)12(15(22)23)10(14(20)21)7-8(2)16-6-4-5-11(16)17;;;;;;/h8-10,12H,3-7H2,1-2H3,(H,18,19)(H,20,21)(H,22,23);6*1H4. The zero-order valence-corrected chi connectivity index (χ0v) is 13.3. The summed E-state index contributed by atoms with van der Waals surface area (Å²) in [6.45, 7) is 3.70. The summed E-state index contributed by atoms with van der Waals surface area (Å²) in [6.07, 6.45) is 1.03. The molecule has 1 rings (SSSR count). The smallest absolute Gasteiger partial charge is 0.308 e. The van der Waals surface area contributed by atoms with Crippen LogP contribution >= 0.6 is 0 Å². The van der Waals surface area contributed by atoms with Crippen LogP contribution in [0.2, 0.25) is 0 Å². The fraction of sp³-hybridized carbons (Fsp3) is 0.810. The normalized spacial score (nSPS) is 15.8. The molecule has 1 aliphatic heterocycles. The van der Waals surface area contributed by atoms with Crippen LogP contribution in [0, 0.1) is 17.8 Å². The van der Waals surface area contributed by atoms with Gasteiger partial charge in [-0.05, 0) is 26.2 Å². The van der Waals surface area contributed by atoms with Crippen molar-refractivity contribution >= 4 is 23.8 Å². The Labute approximate surface area is 178 Å². The molecule has 1 fully saturated rings. The van der Waals surface area contributed by atoms with E-state index in [1.807, 2.05) is 0 Å². The lowest BCUT2D eigenvalue weighted by Crippen LogP contribution is -2.43. The third kappa shape index (κ3) is 10.3. The van der Waals surface area contributed by atoms with E-state index in [1.165, 1.54) is 11.8 Å². The van der Waals surface area contributed by atoms with Crippen molar-refractivity contribution in [3.8, 4) is 0 Å². The highest BCUT2D eigenvalue weighted by atomic mass is 16.4. The number of amides is 1. The third-order valence-corrected chi connectivity index (χ3v) is 4.46. The Kier molecular flexibility index (Phi) is 25.6. The van der Waals surface area contributed by atoms with E-state index < -0.39 is 41.7 Å². The maximum atomic E-state index is 11.7. The van der Waals surface area contributed by atoms with Crippen molar-refractivity contribution in [2.24, 2.45) is 17.8 Å². The lowest BCUT2D eigenvalue weighted by molar-refractivity contribution is -0.163. The van der Waals surface area contributed by atoms with Crippen LogP contribution in [0.1, 0.15) is 84.1 Å². The highest BCUT2D eigenvalue weighted by Gasteiger charge is 2.43.